The monoisotopic (exact) mass is 235 g/mol. The first kappa shape index (κ1) is 11.9. The molecule has 0 spiro atoms. The molecule has 1 aliphatic rings. The third-order valence-corrected chi connectivity index (χ3v) is 2.85. The molecule has 1 aliphatic carbocycles. The molecular formula is C13H17NO3. The first-order valence-electron chi connectivity index (χ1n) is 5.75. The maximum Gasteiger partial charge on any atom is 0.407 e. The minimum atomic E-state index is -0.361. The summed E-state index contributed by atoms with van der Waals surface area (Å²) < 4.78 is 10.1. The summed E-state index contributed by atoms with van der Waals surface area (Å²) in [6, 6.07) is 10.3. The maximum atomic E-state index is 10.9. The Balaban J connectivity index is 1.60. The van der Waals surface area contributed by atoms with Crippen molar-refractivity contribution in [1.29, 1.82) is 0 Å². The van der Waals surface area contributed by atoms with Gasteiger partial charge in [-0.3, -0.25) is 0 Å². The number of nitrogens with one attached hydrogen (secondary N) is 1. The zero-order chi connectivity index (χ0) is 12.1. The SMILES string of the molecule is COC(=O)N[C@@H]1C[C@H]1COCc1ccccc1. The lowest BCUT2D eigenvalue weighted by Crippen LogP contribution is -2.27. The Morgan fingerprint density at radius 3 is 2.88 bits per heavy atom. The van der Waals surface area contributed by atoms with Crippen LogP contribution in [0.15, 0.2) is 30.3 Å². The Labute approximate surface area is 101 Å². The van der Waals surface area contributed by atoms with Crippen molar-refractivity contribution >= 4 is 6.09 Å². The van der Waals surface area contributed by atoms with Crippen molar-refractivity contribution in [3.8, 4) is 0 Å². The van der Waals surface area contributed by atoms with Gasteiger partial charge in [0.2, 0.25) is 0 Å². The number of carbonyl (C=O) groups excluding carboxylic acids is 1. The van der Waals surface area contributed by atoms with Crippen molar-refractivity contribution in [1.82, 2.24) is 5.32 Å². The van der Waals surface area contributed by atoms with Crippen LogP contribution in [0.3, 0.4) is 0 Å². The van der Waals surface area contributed by atoms with E-state index in [0.717, 1.165) is 6.42 Å². The molecule has 0 bridgehead atoms. The molecule has 1 fully saturated rings. The maximum absolute atomic E-state index is 10.9. The predicted molar refractivity (Wildman–Crippen MR) is 63.5 cm³/mol. The van der Waals surface area contributed by atoms with Crippen LogP contribution in [0.1, 0.15) is 12.0 Å². The summed E-state index contributed by atoms with van der Waals surface area (Å²) in [6.45, 7) is 1.31. The third kappa shape index (κ3) is 3.75. The first-order chi connectivity index (χ1) is 8.29. The predicted octanol–water partition coefficient (Wildman–Crippen LogP) is 1.95. The minimum absolute atomic E-state index is 0.221. The molecule has 17 heavy (non-hydrogen) atoms. The Morgan fingerprint density at radius 1 is 1.41 bits per heavy atom. The summed E-state index contributed by atoms with van der Waals surface area (Å²) in [4.78, 5) is 10.9. The molecule has 0 heterocycles. The van der Waals surface area contributed by atoms with Gasteiger partial charge >= 0.3 is 6.09 Å². The zero-order valence-corrected chi connectivity index (χ0v) is 9.89. The standard InChI is InChI=1S/C13H17NO3/c1-16-13(15)14-12-7-11(12)9-17-8-10-5-3-2-4-6-10/h2-6,11-12H,7-9H2,1H3,(H,14,15)/t11-,12+/m0/s1. The first-order valence-corrected chi connectivity index (χ1v) is 5.75. The van der Waals surface area contributed by atoms with Crippen LogP contribution in [0.25, 0.3) is 0 Å². The van der Waals surface area contributed by atoms with Crippen LogP contribution in [0.2, 0.25) is 0 Å². The lowest BCUT2D eigenvalue weighted by molar-refractivity contribution is 0.108. The summed E-state index contributed by atoms with van der Waals surface area (Å²) in [5, 5.41) is 2.76. The number of methoxy groups -OCH3 is 1. The number of alkyl carbamates (subject to hydrolysis) is 1. The second-order valence-corrected chi connectivity index (χ2v) is 4.24. The van der Waals surface area contributed by atoms with E-state index in [4.69, 9.17) is 4.74 Å². The van der Waals surface area contributed by atoms with Crippen molar-refractivity contribution in [3.63, 3.8) is 0 Å². The number of amides is 1. The Hall–Kier alpha value is -1.55. The van der Waals surface area contributed by atoms with E-state index >= 15 is 0 Å². The normalized spacial score (nSPS) is 21.9. The van der Waals surface area contributed by atoms with Gasteiger partial charge in [0.1, 0.15) is 0 Å². The van der Waals surface area contributed by atoms with Crippen molar-refractivity contribution in [2.45, 2.75) is 19.1 Å². The molecule has 4 nitrogen and oxygen atoms in total. The van der Waals surface area contributed by atoms with E-state index in [2.05, 4.69) is 10.1 Å². The molecule has 2 rings (SSSR count). The highest BCUT2D eigenvalue weighted by atomic mass is 16.5. The average molecular weight is 235 g/mol. The fraction of sp³-hybridized carbons (Fsp3) is 0.462. The summed E-state index contributed by atoms with van der Waals surface area (Å²) in [5.74, 6) is 0.429. The second-order valence-electron chi connectivity index (χ2n) is 4.24. The topological polar surface area (TPSA) is 47.6 Å². The number of carbonyl (C=O) groups is 1. The molecule has 1 saturated carbocycles. The van der Waals surface area contributed by atoms with E-state index in [0.29, 0.717) is 19.1 Å². The lowest BCUT2D eigenvalue weighted by atomic mass is 10.2. The zero-order valence-electron chi connectivity index (χ0n) is 9.89. The van der Waals surface area contributed by atoms with Gasteiger partial charge < -0.3 is 14.8 Å². The molecule has 0 aromatic heterocycles. The quantitative estimate of drug-likeness (QED) is 0.848. The molecule has 0 aliphatic heterocycles. The smallest absolute Gasteiger partial charge is 0.407 e. The van der Waals surface area contributed by atoms with E-state index in [1.165, 1.54) is 12.7 Å². The summed E-state index contributed by atoms with van der Waals surface area (Å²) in [6.07, 6.45) is 0.615. The fourth-order valence-electron chi connectivity index (χ4n) is 1.72. The summed E-state index contributed by atoms with van der Waals surface area (Å²) in [7, 11) is 1.37. The average Bonchev–Trinajstić information content (AvgIpc) is 3.08. The molecule has 0 radical (unpaired) electrons. The summed E-state index contributed by atoms with van der Waals surface area (Å²) in [5.41, 5.74) is 1.17. The van der Waals surface area contributed by atoms with Gasteiger partial charge in [0.15, 0.2) is 0 Å². The molecule has 0 unspecified atom stereocenters. The number of benzene rings is 1. The van der Waals surface area contributed by atoms with Crippen LogP contribution < -0.4 is 5.32 Å². The number of hydrogen-bond acceptors (Lipinski definition) is 3. The van der Waals surface area contributed by atoms with Crippen LogP contribution in [0.5, 0.6) is 0 Å². The van der Waals surface area contributed by atoms with Crippen molar-refractivity contribution < 1.29 is 14.3 Å². The van der Waals surface area contributed by atoms with Gasteiger partial charge in [0, 0.05) is 12.0 Å². The van der Waals surface area contributed by atoms with Gasteiger partial charge in [-0.25, -0.2) is 4.79 Å². The fourth-order valence-corrected chi connectivity index (χ4v) is 1.72. The molecule has 1 aromatic rings. The van der Waals surface area contributed by atoms with Crippen molar-refractivity contribution in [2.75, 3.05) is 13.7 Å². The van der Waals surface area contributed by atoms with Crippen LogP contribution >= 0.6 is 0 Å². The van der Waals surface area contributed by atoms with Gasteiger partial charge in [0.25, 0.3) is 0 Å². The van der Waals surface area contributed by atoms with Crippen LogP contribution in [-0.2, 0) is 16.1 Å². The van der Waals surface area contributed by atoms with Gasteiger partial charge in [0.05, 0.1) is 20.3 Å². The molecule has 92 valence electrons. The van der Waals surface area contributed by atoms with Crippen LogP contribution in [-0.4, -0.2) is 25.9 Å². The molecule has 1 N–H and O–H groups in total. The highest BCUT2D eigenvalue weighted by Crippen LogP contribution is 2.30. The Bertz CT molecular complexity index is 366. The number of ether oxygens (including phenoxy) is 2. The summed E-state index contributed by atoms with van der Waals surface area (Å²) >= 11 is 0. The van der Waals surface area contributed by atoms with Crippen LogP contribution in [0, 0.1) is 5.92 Å². The minimum Gasteiger partial charge on any atom is -0.453 e. The number of hydrogen-bond donors (Lipinski definition) is 1. The Morgan fingerprint density at radius 2 is 2.18 bits per heavy atom. The number of rotatable bonds is 5. The molecular weight excluding hydrogens is 218 g/mol. The third-order valence-electron chi connectivity index (χ3n) is 2.85. The van der Waals surface area contributed by atoms with E-state index in [1.54, 1.807) is 0 Å². The molecule has 2 atom stereocenters. The van der Waals surface area contributed by atoms with Crippen LogP contribution in [0.4, 0.5) is 4.79 Å². The van der Waals surface area contributed by atoms with Gasteiger partial charge in [-0.05, 0) is 12.0 Å². The van der Waals surface area contributed by atoms with E-state index < -0.39 is 0 Å². The highest BCUT2D eigenvalue weighted by molar-refractivity contribution is 5.67. The van der Waals surface area contributed by atoms with Gasteiger partial charge in [-0.15, -0.1) is 0 Å². The highest BCUT2D eigenvalue weighted by Gasteiger charge is 2.38. The van der Waals surface area contributed by atoms with E-state index in [-0.39, 0.29) is 12.1 Å². The lowest BCUT2D eigenvalue weighted by Gasteiger charge is -2.04. The molecule has 1 amide bonds. The van der Waals surface area contributed by atoms with Gasteiger partial charge in [-0.1, -0.05) is 30.3 Å². The molecule has 1 aromatic carbocycles. The Kier molecular flexibility index (Phi) is 3.98. The molecule has 4 heteroatoms. The van der Waals surface area contributed by atoms with E-state index in [1.807, 2.05) is 30.3 Å². The van der Waals surface area contributed by atoms with Crippen molar-refractivity contribution in [3.05, 3.63) is 35.9 Å². The largest absolute Gasteiger partial charge is 0.453 e. The van der Waals surface area contributed by atoms with Crippen molar-refractivity contribution in [2.24, 2.45) is 5.92 Å². The molecule has 0 saturated heterocycles. The second kappa shape index (κ2) is 5.68. The van der Waals surface area contributed by atoms with E-state index in [9.17, 15) is 4.79 Å². The van der Waals surface area contributed by atoms with Gasteiger partial charge in [-0.2, -0.15) is 0 Å².